The lowest BCUT2D eigenvalue weighted by Crippen LogP contribution is -2.45. The van der Waals surface area contributed by atoms with Crippen LogP contribution >= 0.6 is 0 Å². The van der Waals surface area contributed by atoms with Gasteiger partial charge in [-0.2, -0.15) is 0 Å². The van der Waals surface area contributed by atoms with E-state index in [9.17, 15) is 0 Å². The van der Waals surface area contributed by atoms with Crippen molar-refractivity contribution in [3.8, 4) is 0 Å². The standard InChI is InChI=1S/C10H21N.C9H19N.C8H17N/c1-9-5-7-11(8-6-9)10(2,3)4;1-9(2,3)10-7-5-4-6-8-10;1-8(2,3)9-6-4-5-7-9/h9H,5-8H2,1-4H3;4-8H2,1-3H3;4-7H2,1-3H3. The molecule has 3 heteroatoms. The van der Waals surface area contributed by atoms with E-state index in [0.29, 0.717) is 16.6 Å². The predicted molar refractivity (Wildman–Crippen MR) is 135 cm³/mol. The van der Waals surface area contributed by atoms with Gasteiger partial charge in [-0.05, 0) is 146 Å². The molecule has 0 aromatic rings. The highest BCUT2D eigenvalue weighted by molar-refractivity contribution is 4.81. The summed E-state index contributed by atoms with van der Waals surface area (Å²) in [5.74, 6) is 0.952. The Morgan fingerprint density at radius 3 is 0.967 bits per heavy atom. The summed E-state index contributed by atoms with van der Waals surface area (Å²) in [6, 6.07) is 0. The predicted octanol–water partition coefficient (Wildman–Crippen LogP) is 6.67. The fourth-order valence-corrected chi connectivity index (χ4v) is 4.63. The molecule has 0 aromatic carbocycles. The summed E-state index contributed by atoms with van der Waals surface area (Å²) < 4.78 is 0. The lowest BCUT2D eigenvalue weighted by Gasteiger charge is -2.40. The Morgan fingerprint density at radius 2 is 0.700 bits per heavy atom. The Kier molecular flexibility index (Phi) is 11.4. The van der Waals surface area contributed by atoms with Crippen molar-refractivity contribution in [1.82, 2.24) is 14.7 Å². The van der Waals surface area contributed by atoms with Gasteiger partial charge in [0.05, 0.1) is 0 Å². The van der Waals surface area contributed by atoms with Crippen LogP contribution in [0.15, 0.2) is 0 Å². The van der Waals surface area contributed by atoms with Crippen molar-refractivity contribution in [3.05, 3.63) is 0 Å². The smallest absolute Gasteiger partial charge is 0.0125 e. The van der Waals surface area contributed by atoms with Crippen LogP contribution in [0.5, 0.6) is 0 Å². The van der Waals surface area contributed by atoms with E-state index in [1.807, 2.05) is 0 Å². The molecule has 0 aromatic heterocycles. The van der Waals surface area contributed by atoms with E-state index in [0.717, 1.165) is 5.92 Å². The Hall–Kier alpha value is -0.120. The first-order valence-electron chi connectivity index (χ1n) is 13.0. The van der Waals surface area contributed by atoms with E-state index >= 15 is 0 Å². The first kappa shape index (κ1) is 27.9. The molecule has 3 aliphatic rings. The molecule has 3 nitrogen and oxygen atoms in total. The number of piperidine rings is 2. The molecule has 0 aliphatic carbocycles. The summed E-state index contributed by atoms with van der Waals surface area (Å²) in [5.41, 5.74) is 1.21. The third-order valence-corrected chi connectivity index (χ3v) is 7.09. The maximum atomic E-state index is 2.59. The SMILES string of the molecule is CC(C)(C)N1CCCC1.CC(C)(C)N1CCCCC1.CC1CCN(C(C)(C)C)CC1. The Bertz CT molecular complexity index is 432. The fraction of sp³-hybridized carbons (Fsp3) is 1.00. The molecule has 0 atom stereocenters. The molecule has 0 radical (unpaired) electrons. The van der Waals surface area contributed by atoms with Crippen LogP contribution in [-0.2, 0) is 0 Å². The van der Waals surface area contributed by atoms with Crippen molar-refractivity contribution >= 4 is 0 Å². The highest BCUT2D eigenvalue weighted by atomic mass is 15.2. The summed E-state index contributed by atoms with van der Waals surface area (Å²) in [4.78, 5) is 7.72. The average Bonchev–Trinajstić information content (AvgIpc) is 3.18. The van der Waals surface area contributed by atoms with E-state index in [4.69, 9.17) is 0 Å². The van der Waals surface area contributed by atoms with Gasteiger partial charge in [0.1, 0.15) is 0 Å². The van der Waals surface area contributed by atoms with Gasteiger partial charge in [-0.25, -0.2) is 0 Å². The molecule has 180 valence electrons. The molecule has 0 amide bonds. The topological polar surface area (TPSA) is 9.72 Å². The number of hydrogen-bond acceptors (Lipinski definition) is 3. The number of nitrogens with zero attached hydrogens (tertiary/aromatic N) is 3. The van der Waals surface area contributed by atoms with Crippen molar-refractivity contribution in [2.75, 3.05) is 39.3 Å². The second-order valence-corrected chi connectivity index (χ2v) is 12.9. The van der Waals surface area contributed by atoms with Crippen LogP contribution in [-0.4, -0.2) is 70.6 Å². The molecule has 0 bridgehead atoms. The Labute approximate surface area is 191 Å². The molecule has 3 aliphatic heterocycles. The lowest BCUT2D eigenvalue weighted by atomic mass is 9.95. The largest absolute Gasteiger partial charge is 0.298 e. The maximum absolute atomic E-state index is 2.59. The average molecular weight is 424 g/mol. The molecule has 3 saturated heterocycles. The van der Waals surface area contributed by atoms with Crippen molar-refractivity contribution in [2.24, 2.45) is 5.92 Å². The van der Waals surface area contributed by atoms with Gasteiger partial charge in [0.2, 0.25) is 0 Å². The first-order valence-corrected chi connectivity index (χ1v) is 13.0. The minimum Gasteiger partial charge on any atom is -0.298 e. The van der Waals surface area contributed by atoms with Crippen LogP contribution in [0.2, 0.25) is 0 Å². The summed E-state index contributed by atoms with van der Waals surface area (Å²) in [6.45, 7) is 30.9. The molecular formula is C27H57N3. The van der Waals surface area contributed by atoms with Crippen molar-refractivity contribution in [3.63, 3.8) is 0 Å². The zero-order valence-corrected chi connectivity index (χ0v) is 22.6. The van der Waals surface area contributed by atoms with Gasteiger partial charge in [-0.1, -0.05) is 13.3 Å². The van der Waals surface area contributed by atoms with E-state index in [2.05, 4.69) is 83.9 Å². The van der Waals surface area contributed by atoms with Gasteiger partial charge in [0, 0.05) is 16.6 Å². The van der Waals surface area contributed by atoms with Crippen molar-refractivity contribution < 1.29 is 0 Å². The molecule has 3 heterocycles. The number of likely N-dealkylation sites (tertiary alicyclic amines) is 3. The monoisotopic (exact) mass is 423 g/mol. The van der Waals surface area contributed by atoms with E-state index in [-0.39, 0.29) is 0 Å². The van der Waals surface area contributed by atoms with Crippen LogP contribution in [0.4, 0.5) is 0 Å². The molecule has 0 N–H and O–H groups in total. The first-order chi connectivity index (χ1) is 13.7. The Balaban J connectivity index is 0.000000226. The van der Waals surface area contributed by atoms with Gasteiger partial charge < -0.3 is 0 Å². The highest BCUT2D eigenvalue weighted by Gasteiger charge is 2.25. The molecule has 0 saturated carbocycles. The van der Waals surface area contributed by atoms with Crippen LogP contribution in [0, 0.1) is 5.92 Å². The zero-order chi connectivity index (χ0) is 23.0. The van der Waals surface area contributed by atoms with Gasteiger partial charge in [-0.15, -0.1) is 0 Å². The quantitative estimate of drug-likeness (QED) is 0.431. The third-order valence-electron chi connectivity index (χ3n) is 7.09. The fourth-order valence-electron chi connectivity index (χ4n) is 4.63. The van der Waals surface area contributed by atoms with Crippen LogP contribution < -0.4 is 0 Å². The van der Waals surface area contributed by atoms with Crippen molar-refractivity contribution in [1.29, 1.82) is 0 Å². The van der Waals surface area contributed by atoms with E-state index < -0.39 is 0 Å². The highest BCUT2D eigenvalue weighted by Crippen LogP contribution is 2.23. The summed E-state index contributed by atoms with van der Waals surface area (Å²) >= 11 is 0. The molecule has 0 spiro atoms. The second-order valence-electron chi connectivity index (χ2n) is 12.9. The molecule has 30 heavy (non-hydrogen) atoms. The van der Waals surface area contributed by atoms with Crippen LogP contribution in [0.3, 0.4) is 0 Å². The summed E-state index contributed by atoms with van der Waals surface area (Å²) in [6.07, 6.45) is 9.81. The molecule has 3 rings (SSSR count). The van der Waals surface area contributed by atoms with Crippen molar-refractivity contribution in [2.45, 2.75) is 131 Å². The van der Waals surface area contributed by atoms with Gasteiger partial charge in [0.15, 0.2) is 0 Å². The van der Waals surface area contributed by atoms with Gasteiger partial charge in [0.25, 0.3) is 0 Å². The van der Waals surface area contributed by atoms with E-state index in [1.165, 1.54) is 84.2 Å². The van der Waals surface area contributed by atoms with Gasteiger partial charge >= 0.3 is 0 Å². The summed E-state index contributed by atoms with van der Waals surface area (Å²) in [5, 5.41) is 0. The minimum absolute atomic E-state index is 0.389. The second kappa shape index (κ2) is 12.2. The summed E-state index contributed by atoms with van der Waals surface area (Å²) in [7, 11) is 0. The normalized spacial score (nSPS) is 23.4. The lowest BCUT2D eigenvalue weighted by molar-refractivity contribution is 0.0916. The maximum Gasteiger partial charge on any atom is 0.0125 e. The third kappa shape index (κ3) is 11.0. The van der Waals surface area contributed by atoms with E-state index in [1.54, 1.807) is 0 Å². The van der Waals surface area contributed by atoms with Gasteiger partial charge in [-0.3, -0.25) is 14.7 Å². The Morgan fingerprint density at radius 1 is 0.433 bits per heavy atom. The molecule has 0 unspecified atom stereocenters. The minimum atomic E-state index is 0.389. The number of hydrogen-bond donors (Lipinski definition) is 0. The van der Waals surface area contributed by atoms with Crippen LogP contribution in [0.1, 0.15) is 114 Å². The molecular weight excluding hydrogens is 366 g/mol. The molecule has 3 fully saturated rings. The zero-order valence-electron chi connectivity index (χ0n) is 22.6. The number of rotatable bonds is 0. The van der Waals surface area contributed by atoms with Crippen LogP contribution in [0.25, 0.3) is 0 Å².